The molecule has 0 bridgehead atoms. The number of aromatic nitrogens is 1. The Hall–Kier alpha value is -1.62. The van der Waals surface area contributed by atoms with Crippen LogP contribution in [0.4, 0.5) is 0 Å². The topological polar surface area (TPSA) is 62.3 Å². The average molecular weight is 294 g/mol. The van der Waals surface area contributed by atoms with E-state index in [4.69, 9.17) is 11.6 Å². The highest BCUT2D eigenvalue weighted by atomic mass is 35.5. The number of rotatable bonds is 3. The van der Waals surface area contributed by atoms with Gasteiger partial charge in [-0.05, 0) is 24.5 Å². The zero-order valence-electron chi connectivity index (χ0n) is 11.2. The van der Waals surface area contributed by atoms with Crippen LogP contribution in [0.2, 0.25) is 5.15 Å². The van der Waals surface area contributed by atoms with Crippen molar-refractivity contribution in [3.05, 3.63) is 29.0 Å². The second-order valence-corrected chi connectivity index (χ2v) is 5.96. The second-order valence-electron chi connectivity index (χ2n) is 5.57. The number of amides is 2. The molecule has 6 heteroatoms. The van der Waals surface area contributed by atoms with E-state index in [2.05, 4.69) is 17.2 Å². The average Bonchev–Trinajstić information content (AvgIpc) is 3.01. The van der Waals surface area contributed by atoms with Crippen molar-refractivity contribution in [2.24, 2.45) is 5.92 Å². The smallest absolute Gasteiger partial charge is 0.253 e. The van der Waals surface area contributed by atoms with Crippen LogP contribution in [-0.2, 0) is 4.79 Å². The Morgan fingerprint density at radius 1 is 1.50 bits per heavy atom. The summed E-state index contributed by atoms with van der Waals surface area (Å²) < 4.78 is 0. The summed E-state index contributed by atoms with van der Waals surface area (Å²) in [5, 5.41) is 3.24. The molecule has 0 unspecified atom stereocenters. The molecule has 1 aromatic heterocycles. The molecule has 0 spiro atoms. The third-order valence-electron chi connectivity index (χ3n) is 3.95. The zero-order valence-corrected chi connectivity index (χ0v) is 11.9. The molecule has 2 fully saturated rings. The van der Waals surface area contributed by atoms with E-state index in [1.165, 1.54) is 6.20 Å². The Kier molecular flexibility index (Phi) is 3.38. The molecule has 2 amide bonds. The van der Waals surface area contributed by atoms with Gasteiger partial charge in [-0.25, -0.2) is 4.98 Å². The van der Waals surface area contributed by atoms with Crippen LogP contribution in [0.3, 0.4) is 0 Å². The predicted octanol–water partition coefficient (Wildman–Crippen LogP) is 1.47. The fourth-order valence-electron chi connectivity index (χ4n) is 2.66. The Morgan fingerprint density at radius 3 is 2.85 bits per heavy atom. The quantitative estimate of drug-likeness (QED) is 0.859. The van der Waals surface area contributed by atoms with Crippen molar-refractivity contribution in [3.8, 4) is 0 Å². The number of hydrogen-bond acceptors (Lipinski definition) is 3. The van der Waals surface area contributed by atoms with Gasteiger partial charge in [-0.2, -0.15) is 0 Å². The summed E-state index contributed by atoms with van der Waals surface area (Å²) in [7, 11) is 0. The molecule has 1 aliphatic heterocycles. The van der Waals surface area contributed by atoms with Gasteiger partial charge in [0.2, 0.25) is 5.91 Å². The molecule has 1 saturated heterocycles. The fourth-order valence-corrected chi connectivity index (χ4v) is 2.78. The van der Waals surface area contributed by atoms with Crippen LogP contribution in [0.1, 0.15) is 30.1 Å². The van der Waals surface area contributed by atoms with Crippen molar-refractivity contribution >= 4 is 23.4 Å². The molecule has 2 aliphatic rings. The number of carbonyl (C=O) groups excluding carboxylic acids is 2. The Labute approximate surface area is 122 Å². The van der Waals surface area contributed by atoms with E-state index < -0.39 is 0 Å². The van der Waals surface area contributed by atoms with Crippen molar-refractivity contribution < 1.29 is 9.59 Å². The molecule has 3 atom stereocenters. The van der Waals surface area contributed by atoms with Crippen LogP contribution in [0, 0.1) is 5.92 Å². The molecule has 20 heavy (non-hydrogen) atoms. The second kappa shape index (κ2) is 5.05. The van der Waals surface area contributed by atoms with Gasteiger partial charge in [-0.3, -0.25) is 9.59 Å². The maximum atomic E-state index is 12.1. The third-order valence-corrected chi connectivity index (χ3v) is 4.17. The Bertz CT molecular complexity index is 546. The summed E-state index contributed by atoms with van der Waals surface area (Å²) >= 11 is 5.69. The van der Waals surface area contributed by atoms with Crippen LogP contribution in [0.15, 0.2) is 18.3 Å². The van der Waals surface area contributed by atoms with Crippen LogP contribution < -0.4 is 5.32 Å². The predicted molar refractivity (Wildman–Crippen MR) is 74.4 cm³/mol. The lowest BCUT2D eigenvalue weighted by Gasteiger charge is -2.16. The SMILES string of the molecule is C[C@@H]1C[C@H]1N1C[C@@H](NC(=O)c2ccc(Cl)nc2)CC1=O. The minimum atomic E-state index is -0.210. The number of nitrogens with one attached hydrogen (secondary N) is 1. The van der Waals surface area contributed by atoms with Crippen molar-refractivity contribution in [2.75, 3.05) is 6.54 Å². The van der Waals surface area contributed by atoms with Crippen molar-refractivity contribution in [3.63, 3.8) is 0 Å². The van der Waals surface area contributed by atoms with Gasteiger partial charge in [-0.15, -0.1) is 0 Å². The fraction of sp³-hybridized carbons (Fsp3) is 0.500. The summed E-state index contributed by atoms with van der Waals surface area (Å²) in [4.78, 5) is 29.7. The Morgan fingerprint density at radius 2 is 2.25 bits per heavy atom. The van der Waals surface area contributed by atoms with E-state index in [9.17, 15) is 9.59 Å². The molecule has 1 aliphatic carbocycles. The van der Waals surface area contributed by atoms with Crippen molar-refractivity contribution in [1.82, 2.24) is 15.2 Å². The molecule has 1 saturated carbocycles. The number of hydrogen-bond donors (Lipinski definition) is 1. The first-order valence-corrected chi connectivity index (χ1v) is 7.14. The minimum absolute atomic E-state index is 0.113. The maximum Gasteiger partial charge on any atom is 0.253 e. The molecule has 5 nitrogen and oxygen atoms in total. The maximum absolute atomic E-state index is 12.1. The lowest BCUT2D eigenvalue weighted by Crippen LogP contribution is -2.37. The molecule has 0 aromatic carbocycles. The van der Waals surface area contributed by atoms with E-state index >= 15 is 0 Å². The lowest BCUT2D eigenvalue weighted by molar-refractivity contribution is -0.128. The summed E-state index contributed by atoms with van der Waals surface area (Å²) in [6.07, 6.45) is 2.90. The highest BCUT2D eigenvalue weighted by Gasteiger charge is 2.44. The van der Waals surface area contributed by atoms with Gasteiger partial charge >= 0.3 is 0 Å². The van der Waals surface area contributed by atoms with E-state index in [0.29, 0.717) is 35.6 Å². The van der Waals surface area contributed by atoms with E-state index in [0.717, 1.165) is 6.42 Å². The first kappa shape index (κ1) is 13.4. The van der Waals surface area contributed by atoms with Gasteiger partial charge in [0, 0.05) is 25.2 Å². The number of pyridine rings is 1. The van der Waals surface area contributed by atoms with Gasteiger partial charge in [0.25, 0.3) is 5.91 Å². The molecule has 0 radical (unpaired) electrons. The van der Waals surface area contributed by atoms with E-state index in [1.54, 1.807) is 12.1 Å². The molecule has 2 heterocycles. The van der Waals surface area contributed by atoms with Crippen LogP contribution in [0.25, 0.3) is 0 Å². The molecule has 106 valence electrons. The lowest BCUT2D eigenvalue weighted by atomic mass is 10.2. The highest BCUT2D eigenvalue weighted by molar-refractivity contribution is 6.29. The monoisotopic (exact) mass is 293 g/mol. The summed E-state index contributed by atoms with van der Waals surface area (Å²) in [5.74, 6) is 0.519. The first-order chi connectivity index (χ1) is 9.54. The van der Waals surface area contributed by atoms with Crippen LogP contribution >= 0.6 is 11.6 Å². The Balaban J connectivity index is 1.60. The van der Waals surface area contributed by atoms with E-state index in [-0.39, 0.29) is 17.9 Å². The standard InChI is InChI=1S/C14H16ClN3O2/c1-8-4-11(8)18-7-10(5-13(18)19)17-14(20)9-2-3-12(15)16-6-9/h2-3,6,8,10-11H,4-5,7H2,1H3,(H,17,20)/t8-,10+,11-/m1/s1. The van der Waals surface area contributed by atoms with Crippen LogP contribution in [0.5, 0.6) is 0 Å². The summed E-state index contributed by atoms with van der Waals surface area (Å²) in [5.41, 5.74) is 0.458. The van der Waals surface area contributed by atoms with Crippen molar-refractivity contribution in [2.45, 2.75) is 31.8 Å². The number of likely N-dealkylation sites (tertiary alicyclic amines) is 1. The van der Waals surface area contributed by atoms with Gasteiger partial charge in [0.1, 0.15) is 5.15 Å². The largest absolute Gasteiger partial charge is 0.347 e. The van der Waals surface area contributed by atoms with E-state index in [1.807, 2.05) is 4.90 Å². The van der Waals surface area contributed by atoms with Gasteiger partial charge in [-0.1, -0.05) is 18.5 Å². The van der Waals surface area contributed by atoms with Crippen LogP contribution in [-0.4, -0.2) is 40.3 Å². The van der Waals surface area contributed by atoms with Gasteiger partial charge < -0.3 is 10.2 Å². The number of nitrogens with zero attached hydrogens (tertiary/aromatic N) is 2. The normalized spacial score (nSPS) is 28.6. The molecule has 3 rings (SSSR count). The summed E-state index contributed by atoms with van der Waals surface area (Å²) in [6, 6.07) is 3.47. The number of carbonyl (C=O) groups is 2. The zero-order chi connectivity index (χ0) is 14.3. The number of halogens is 1. The first-order valence-electron chi connectivity index (χ1n) is 6.76. The summed E-state index contributed by atoms with van der Waals surface area (Å²) in [6.45, 7) is 2.75. The molecular weight excluding hydrogens is 278 g/mol. The van der Waals surface area contributed by atoms with Gasteiger partial charge in [0.15, 0.2) is 0 Å². The molecular formula is C14H16ClN3O2. The highest BCUT2D eigenvalue weighted by Crippen LogP contribution is 2.37. The molecule has 1 N–H and O–H groups in total. The molecule has 1 aromatic rings. The minimum Gasteiger partial charge on any atom is -0.347 e. The van der Waals surface area contributed by atoms with Gasteiger partial charge in [0.05, 0.1) is 11.6 Å². The van der Waals surface area contributed by atoms with Crippen molar-refractivity contribution in [1.29, 1.82) is 0 Å². The third kappa shape index (κ3) is 2.63.